The molecule has 1 aromatic rings. The fourth-order valence-corrected chi connectivity index (χ4v) is 10.1. The van der Waals surface area contributed by atoms with Crippen molar-refractivity contribution in [3.8, 4) is 5.75 Å². The Labute approximate surface area is 335 Å². The molecule has 56 heavy (non-hydrogen) atoms. The van der Waals surface area contributed by atoms with E-state index in [1.54, 1.807) is 25.2 Å². The molecule has 2 amide bonds. The summed E-state index contributed by atoms with van der Waals surface area (Å²) in [4.78, 5) is 36.8. The molecule has 11 nitrogen and oxygen atoms in total. The van der Waals surface area contributed by atoms with E-state index in [2.05, 4.69) is 63.7 Å². The predicted molar refractivity (Wildman–Crippen MR) is 221 cm³/mol. The van der Waals surface area contributed by atoms with Gasteiger partial charge < -0.3 is 35.2 Å². The third kappa shape index (κ3) is 9.39. The summed E-state index contributed by atoms with van der Waals surface area (Å²) in [5.41, 5.74) is 2.60. The molecule has 3 saturated carbocycles. The topological polar surface area (TPSA) is 133 Å². The Balaban J connectivity index is 1.45. The van der Waals surface area contributed by atoms with Crippen LogP contribution in [-0.4, -0.2) is 109 Å². The minimum Gasteiger partial charge on any atom is -0.496 e. The number of amides is 2. The van der Waals surface area contributed by atoms with E-state index in [4.69, 9.17) is 14.3 Å². The maximum absolute atomic E-state index is 14.2. The van der Waals surface area contributed by atoms with Gasteiger partial charge in [0.25, 0.3) is 5.91 Å². The van der Waals surface area contributed by atoms with Crippen LogP contribution in [-0.2, 0) is 20.8 Å². The first-order valence-corrected chi connectivity index (χ1v) is 20.5. The van der Waals surface area contributed by atoms with Crippen LogP contribution in [0, 0.1) is 34.5 Å². The molecular formula is C45H70N4O7. The predicted octanol–water partition coefficient (Wildman–Crippen LogP) is 5.76. The van der Waals surface area contributed by atoms with Crippen LogP contribution < -0.4 is 15.4 Å². The summed E-state index contributed by atoms with van der Waals surface area (Å²) in [6.07, 6.45) is 7.22. The molecule has 11 heteroatoms. The molecule has 6 rings (SSSR count). The van der Waals surface area contributed by atoms with Gasteiger partial charge in [0.15, 0.2) is 0 Å². The fraction of sp³-hybridized carbons (Fsp3) is 0.689. The maximum Gasteiger partial charge on any atom is 0.255 e. The maximum atomic E-state index is 14.2. The van der Waals surface area contributed by atoms with Gasteiger partial charge in [0.1, 0.15) is 29.3 Å². The molecule has 0 radical (unpaired) electrons. The van der Waals surface area contributed by atoms with Gasteiger partial charge in [-0.25, -0.2) is 0 Å². The van der Waals surface area contributed by atoms with Crippen LogP contribution in [0.4, 0.5) is 0 Å². The van der Waals surface area contributed by atoms with Crippen molar-refractivity contribution >= 4 is 17.4 Å². The van der Waals surface area contributed by atoms with Gasteiger partial charge in [0.05, 0.1) is 25.4 Å². The fourth-order valence-electron chi connectivity index (χ4n) is 10.1. The molecule has 1 saturated heterocycles. The van der Waals surface area contributed by atoms with Gasteiger partial charge in [-0.05, 0) is 112 Å². The average Bonchev–Trinajstić information content (AvgIpc) is 3.62. The van der Waals surface area contributed by atoms with Crippen LogP contribution in [0.1, 0.15) is 103 Å². The molecule has 1 aromatic carbocycles. The first kappa shape index (κ1) is 43.9. The van der Waals surface area contributed by atoms with E-state index in [1.165, 1.54) is 6.42 Å². The Morgan fingerprint density at radius 1 is 1.18 bits per heavy atom. The highest BCUT2D eigenvalue weighted by atomic mass is 16.7. The zero-order valence-corrected chi connectivity index (χ0v) is 36.1. The van der Waals surface area contributed by atoms with Crippen molar-refractivity contribution in [1.82, 2.24) is 20.6 Å². The number of fused-ring (bicyclic) bond motifs is 3. The second-order valence-corrected chi connectivity index (χ2v) is 19.6. The minimum atomic E-state index is -0.908. The largest absolute Gasteiger partial charge is 0.496 e. The number of hydrogen-bond acceptors (Lipinski definition) is 9. The first-order valence-electron chi connectivity index (χ1n) is 20.5. The molecule has 4 N–H and O–H groups in total. The number of allylic oxidation sites excluding steroid dienone is 3. The summed E-state index contributed by atoms with van der Waals surface area (Å²) in [7, 11) is 5.59. The van der Waals surface area contributed by atoms with Crippen molar-refractivity contribution in [1.29, 1.82) is 0 Å². The Bertz CT molecular complexity index is 1670. The summed E-state index contributed by atoms with van der Waals surface area (Å²) in [5.74, 6) is 1.45. The van der Waals surface area contributed by atoms with E-state index in [1.807, 2.05) is 52.2 Å². The molecule has 3 aliphatic carbocycles. The zero-order chi connectivity index (χ0) is 41.5. The molecule has 2 heterocycles. The highest BCUT2D eigenvalue weighted by Gasteiger charge is 2.57. The molecular weight excluding hydrogens is 709 g/mol. The lowest BCUT2D eigenvalue weighted by molar-refractivity contribution is -0.172. The van der Waals surface area contributed by atoms with Gasteiger partial charge in [-0.1, -0.05) is 60.3 Å². The number of ether oxygens (including phenoxy) is 2. The number of likely N-dealkylation sites (N-methyl/N-ethyl adjacent to an activating group) is 1. The Morgan fingerprint density at radius 3 is 2.43 bits per heavy atom. The molecule has 9 atom stereocenters. The van der Waals surface area contributed by atoms with E-state index < -0.39 is 29.8 Å². The van der Waals surface area contributed by atoms with E-state index in [-0.39, 0.29) is 47.9 Å². The van der Waals surface area contributed by atoms with E-state index in [0.29, 0.717) is 53.4 Å². The standard InChI is InChI=1S/C45H70N4O7/c1-14-15-32(28-18-29-22-44(7,8)55-40(29)33(19-28)41(52)46-31(24-48(11)12)23-43(4,5)6)36(54-13)16-17-49-39(38(27(3)51)37(25-50)56-49)42(53)47-35-21-30-20-34(26(35)2)45(30,9)10/h14-16,18-19,26-27,30-31,34-35,37-39,50-51H,1,17,20-25H2,2-13H3,(H,46,52)(H,47,53)/b32-15-,36-16-/t26-,27-,30+,31-,34-,35-,37-,38+,39-/m0/s1. The number of nitrogens with zero attached hydrogens (tertiary/aromatic N) is 2. The van der Waals surface area contributed by atoms with Crippen LogP contribution in [0.2, 0.25) is 0 Å². The number of aliphatic hydroxyl groups is 2. The van der Waals surface area contributed by atoms with E-state index >= 15 is 0 Å². The first-order chi connectivity index (χ1) is 26.1. The van der Waals surface area contributed by atoms with Crippen LogP contribution in [0.15, 0.2) is 42.7 Å². The number of benzene rings is 1. The summed E-state index contributed by atoms with van der Waals surface area (Å²) in [5, 5.41) is 29.5. The van der Waals surface area contributed by atoms with Crippen molar-refractivity contribution in [3.63, 3.8) is 0 Å². The monoisotopic (exact) mass is 779 g/mol. The summed E-state index contributed by atoms with van der Waals surface area (Å²) < 4.78 is 12.4. The lowest BCUT2D eigenvalue weighted by atomic mass is 9.45. The number of methoxy groups -OCH3 is 1. The van der Waals surface area contributed by atoms with Gasteiger partial charge >= 0.3 is 0 Å². The number of carbonyl (C=O) groups excluding carboxylic acids is 2. The van der Waals surface area contributed by atoms with Crippen molar-refractivity contribution < 1.29 is 34.1 Å². The Kier molecular flexibility index (Phi) is 13.3. The molecule has 0 spiro atoms. The lowest BCUT2D eigenvalue weighted by Crippen LogP contribution is -2.62. The number of rotatable bonds is 15. The number of hydroxylamine groups is 2. The summed E-state index contributed by atoms with van der Waals surface area (Å²) in [6, 6.07) is 3.00. The number of hydrogen-bond donors (Lipinski definition) is 4. The average molecular weight is 779 g/mol. The Hall–Kier alpha value is -3.22. The second-order valence-electron chi connectivity index (χ2n) is 19.6. The van der Waals surface area contributed by atoms with Crippen LogP contribution in [0.3, 0.4) is 0 Å². The van der Waals surface area contributed by atoms with E-state index in [9.17, 15) is 19.8 Å². The molecule has 4 fully saturated rings. The number of nitrogens with one attached hydrogen (secondary N) is 2. The van der Waals surface area contributed by atoms with Crippen molar-refractivity contribution in [2.24, 2.45) is 34.5 Å². The van der Waals surface area contributed by atoms with Gasteiger partial charge in [0, 0.05) is 43.1 Å². The third-order valence-corrected chi connectivity index (χ3v) is 12.8. The molecule has 312 valence electrons. The number of aliphatic hydroxyl groups excluding tert-OH is 2. The molecule has 2 aliphatic heterocycles. The number of carbonyl (C=O) groups is 2. The van der Waals surface area contributed by atoms with Gasteiger partial charge in [-0.3, -0.25) is 14.4 Å². The smallest absolute Gasteiger partial charge is 0.255 e. The molecule has 0 aromatic heterocycles. The van der Waals surface area contributed by atoms with Gasteiger partial charge in [0.2, 0.25) is 5.91 Å². The summed E-state index contributed by atoms with van der Waals surface area (Å²) >= 11 is 0. The highest BCUT2D eigenvalue weighted by Crippen LogP contribution is 2.61. The van der Waals surface area contributed by atoms with Crippen LogP contribution >= 0.6 is 0 Å². The third-order valence-electron chi connectivity index (χ3n) is 12.8. The SMILES string of the molecule is C=C/C=C(\C(=C\CN1O[C@@H](CO)[C@@H]([C@H](C)O)[C@H]1C(=O)N[C@H]1C[C@H]2C[C@@H]([C@@H]1C)C2(C)C)OC)c1cc2c(c(C(=O)N[C@H](CN(C)C)CC(C)(C)C)c1)OC(C)(C)C2. The van der Waals surface area contributed by atoms with Crippen LogP contribution in [0.5, 0.6) is 5.75 Å². The van der Waals surface area contributed by atoms with E-state index in [0.717, 1.165) is 24.0 Å². The highest BCUT2D eigenvalue weighted by molar-refractivity contribution is 5.99. The quantitative estimate of drug-likeness (QED) is 0.130. The van der Waals surface area contributed by atoms with Crippen LogP contribution in [0.25, 0.3) is 5.57 Å². The van der Waals surface area contributed by atoms with Crippen molar-refractivity contribution in [2.45, 2.75) is 124 Å². The van der Waals surface area contributed by atoms with Crippen molar-refractivity contribution in [2.75, 3.05) is 40.9 Å². The van der Waals surface area contributed by atoms with Gasteiger partial charge in [-0.2, -0.15) is 5.06 Å². The molecule has 2 bridgehead atoms. The summed E-state index contributed by atoms with van der Waals surface area (Å²) in [6.45, 7) is 23.6. The molecule has 5 aliphatic rings. The normalized spacial score (nSPS) is 29.5. The zero-order valence-electron chi connectivity index (χ0n) is 36.1. The minimum absolute atomic E-state index is 0.00520. The lowest BCUT2D eigenvalue weighted by Gasteiger charge is -2.62. The second kappa shape index (κ2) is 16.9. The Morgan fingerprint density at radius 2 is 1.88 bits per heavy atom. The van der Waals surface area contributed by atoms with Gasteiger partial charge in [-0.15, -0.1) is 0 Å². The van der Waals surface area contributed by atoms with Crippen molar-refractivity contribution in [3.05, 3.63) is 59.4 Å². The molecule has 0 unspecified atom stereocenters.